The summed E-state index contributed by atoms with van der Waals surface area (Å²) < 4.78 is 27.5. The molecule has 0 saturated heterocycles. The standard InChI is InChI=1S/C27H28F2N4O2/c1-2-17-4-3-5-18(8-17)14-30-15-26(34)25(11-19-9-21(28)13-22(29)10-19)33-27(35)20-6-7-23-24(12-20)32-16-31-23/h3-10,12-13,16,25-26,30,34H,2,11,14-15H2,1H3,(H,31,32)(H,33,35)/t25?,26-/m1/s1. The number of aromatic nitrogens is 2. The Kier molecular flexibility index (Phi) is 7.84. The number of aliphatic hydroxyl groups excluding tert-OH is 1. The van der Waals surface area contributed by atoms with E-state index in [1.54, 1.807) is 24.5 Å². The Morgan fingerprint density at radius 2 is 1.80 bits per heavy atom. The Morgan fingerprint density at radius 3 is 2.57 bits per heavy atom. The van der Waals surface area contributed by atoms with Crippen molar-refractivity contribution < 1.29 is 18.7 Å². The quantitative estimate of drug-likeness (QED) is 0.278. The first-order chi connectivity index (χ1) is 16.9. The molecule has 0 aliphatic carbocycles. The number of rotatable bonds is 10. The van der Waals surface area contributed by atoms with Gasteiger partial charge in [0.05, 0.1) is 29.5 Å². The average molecular weight is 479 g/mol. The number of nitrogens with one attached hydrogen (secondary N) is 3. The maximum absolute atomic E-state index is 13.8. The Labute approximate surface area is 202 Å². The molecule has 1 unspecified atom stereocenters. The molecule has 6 nitrogen and oxygen atoms in total. The lowest BCUT2D eigenvalue weighted by molar-refractivity contribution is 0.0830. The fourth-order valence-electron chi connectivity index (χ4n) is 4.06. The molecule has 1 aromatic heterocycles. The number of nitrogens with zero attached hydrogens (tertiary/aromatic N) is 1. The summed E-state index contributed by atoms with van der Waals surface area (Å²) in [7, 11) is 0. The van der Waals surface area contributed by atoms with Crippen molar-refractivity contribution in [1.29, 1.82) is 0 Å². The van der Waals surface area contributed by atoms with Gasteiger partial charge in [0.2, 0.25) is 0 Å². The third kappa shape index (κ3) is 6.49. The van der Waals surface area contributed by atoms with E-state index in [2.05, 4.69) is 39.7 Å². The third-order valence-electron chi connectivity index (χ3n) is 5.92. The largest absolute Gasteiger partial charge is 0.390 e. The smallest absolute Gasteiger partial charge is 0.251 e. The van der Waals surface area contributed by atoms with Crippen molar-refractivity contribution in [1.82, 2.24) is 20.6 Å². The minimum absolute atomic E-state index is 0.0564. The number of carbonyl (C=O) groups is 1. The van der Waals surface area contributed by atoms with Crippen LogP contribution in [-0.2, 0) is 19.4 Å². The van der Waals surface area contributed by atoms with Crippen molar-refractivity contribution in [3.05, 3.63) is 101 Å². The van der Waals surface area contributed by atoms with Crippen molar-refractivity contribution >= 4 is 16.9 Å². The van der Waals surface area contributed by atoms with Crippen LogP contribution in [0.25, 0.3) is 11.0 Å². The van der Waals surface area contributed by atoms with E-state index in [0.29, 0.717) is 23.2 Å². The Morgan fingerprint density at radius 1 is 1.03 bits per heavy atom. The van der Waals surface area contributed by atoms with E-state index in [-0.39, 0.29) is 13.0 Å². The molecular formula is C27H28F2N4O2. The van der Waals surface area contributed by atoms with Crippen molar-refractivity contribution in [2.24, 2.45) is 0 Å². The maximum atomic E-state index is 13.8. The van der Waals surface area contributed by atoms with Gasteiger partial charge in [-0.05, 0) is 59.9 Å². The molecule has 0 fully saturated rings. The van der Waals surface area contributed by atoms with Gasteiger partial charge >= 0.3 is 0 Å². The molecule has 0 aliphatic rings. The zero-order valence-corrected chi connectivity index (χ0v) is 19.4. The monoisotopic (exact) mass is 478 g/mol. The van der Waals surface area contributed by atoms with Gasteiger partial charge in [0, 0.05) is 24.7 Å². The van der Waals surface area contributed by atoms with E-state index in [4.69, 9.17) is 0 Å². The predicted octanol–water partition coefficient (Wildman–Crippen LogP) is 3.90. The Bertz CT molecular complexity index is 1290. The van der Waals surface area contributed by atoms with Gasteiger partial charge in [-0.25, -0.2) is 13.8 Å². The van der Waals surface area contributed by atoms with Crippen LogP contribution in [0.4, 0.5) is 8.78 Å². The summed E-state index contributed by atoms with van der Waals surface area (Å²) in [6, 6.07) is 15.6. The molecule has 0 spiro atoms. The van der Waals surface area contributed by atoms with Crippen LogP contribution in [0.5, 0.6) is 0 Å². The summed E-state index contributed by atoms with van der Waals surface area (Å²) in [5.41, 5.74) is 4.46. The van der Waals surface area contributed by atoms with Gasteiger partial charge in [-0.2, -0.15) is 0 Å². The number of halogens is 2. The summed E-state index contributed by atoms with van der Waals surface area (Å²) in [4.78, 5) is 20.1. The Balaban J connectivity index is 1.47. The van der Waals surface area contributed by atoms with E-state index >= 15 is 0 Å². The van der Waals surface area contributed by atoms with Crippen molar-refractivity contribution in [2.75, 3.05) is 6.54 Å². The number of aromatic amines is 1. The zero-order valence-electron chi connectivity index (χ0n) is 19.4. The Hall–Kier alpha value is -3.62. The van der Waals surface area contributed by atoms with E-state index in [1.807, 2.05) is 12.1 Å². The molecular weight excluding hydrogens is 450 g/mol. The topological polar surface area (TPSA) is 90.0 Å². The molecule has 3 aromatic carbocycles. The fraction of sp³-hybridized carbons (Fsp3) is 0.259. The first-order valence-corrected chi connectivity index (χ1v) is 11.6. The predicted molar refractivity (Wildman–Crippen MR) is 131 cm³/mol. The summed E-state index contributed by atoms with van der Waals surface area (Å²) in [5.74, 6) is -1.82. The molecule has 182 valence electrons. The summed E-state index contributed by atoms with van der Waals surface area (Å²) in [6.45, 7) is 2.80. The summed E-state index contributed by atoms with van der Waals surface area (Å²) in [5, 5.41) is 17.0. The lowest BCUT2D eigenvalue weighted by Gasteiger charge is -2.25. The minimum atomic E-state index is -1.00. The van der Waals surface area contributed by atoms with Gasteiger partial charge in [0.25, 0.3) is 5.91 Å². The fourth-order valence-corrected chi connectivity index (χ4v) is 4.06. The van der Waals surface area contributed by atoms with Crippen LogP contribution in [0.15, 0.2) is 67.0 Å². The molecule has 0 radical (unpaired) electrons. The van der Waals surface area contributed by atoms with Gasteiger partial charge in [-0.3, -0.25) is 4.79 Å². The van der Waals surface area contributed by atoms with Gasteiger partial charge in [-0.1, -0.05) is 31.2 Å². The highest BCUT2D eigenvalue weighted by Gasteiger charge is 2.23. The normalized spacial score (nSPS) is 13.0. The first kappa shape index (κ1) is 24.5. The third-order valence-corrected chi connectivity index (χ3v) is 5.92. The van der Waals surface area contributed by atoms with Crippen LogP contribution < -0.4 is 10.6 Å². The second-order valence-corrected chi connectivity index (χ2v) is 8.57. The summed E-state index contributed by atoms with van der Waals surface area (Å²) >= 11 is 0. The molecule has 2 atom stereocenters. The number of aryl methyl sites for hydroxylation is 1. The molecule has 0 bridgehead atoms. The molecule has 35 heavy (non-hydrogen) atoms. The number of hydrogen-bond acceptors (Lipinski definition) is 4. The molecule has 0 saturated carbocycles. The van der Waals surface area contributed by atoms with Crippen LogP contribution >= 0.6 is 0 Å². The van der Waals surface area contributed by atoms with E-state index in [0.717, 1.165) is 23.6 Å². The van der Waals surface area contributed by atoms with Crippen LogP contribution in [-0.4, -0.2) is 39.7 Å². The number of amides is 1. The SMILES string of the molecule is CCc1cccc(CNC[C@@H](O)C(Cc2cc(F)cc(F)c2)NC(=O)c2ccc3nc[nH]c3c2)c1. The summed E-state index contributed by atoms with van der Waals surface area (Å²) in [6.07, 6.45) is 1.52. The molecule has 4 rings (SSSR count). The van der Waals surface area contributed by atoms with Crippen molar-refractivity contribution in [3.8, 4) is 0 Å². The van der Waals surface area contributed by atoms with Crippen molar-refractivity contribution in [3.63, 3.8) is 0 Å². The highest BCUT2D eigenvalue weighted by molar-refractivity contribution is 5.97. The van der Waals surface area contributed by atoms with E-state index in [1.165, 1.54) is 17.7 Å². The first-order valence-electron chi connectivity index (χ1n) is 11.6. The molecule has 0 aliphatic heterocycles. The average Bonchev–Trinajstić information content (AvgIpc) is 3.31. The van der Waals surface area contributed by atoms with Gasteiger partial charge < -0.3 is 20.7 Å². The van der Waals surface area contributed by atoms with Crippen LogP contribution in [0.3, 0.4) is 0 Å². The van der Waals surface area contributed by atoms with Crippen LogP contribution in [0, 0.1) is 11.6 Å². The molecule has 4 N–H and O–H groups in total. The van der Waals surface area contributed by atoms with Gasteiger partial charge in [-0.15, -0.1) is 0 Å². The minimum Gasteiger partial charge on any atom is -0.390 e. The molecule has 4 aromatic rings. The number of fused-ring (bicyclic) bond motifs is 1. The zero-order chi connectivity index (χ0) is 24.8. The van der Waals surface area contributed by atoms with Gasteiger partial charge in [0.15, 0.2) is 0 Å². The number of imidazole rings is 1. The number of hydrogen-bond donors (Lipinski definition) is 4. The molecule has 8 heteroatoms. The lowest BCUT2D eigenvalue weighted by atomic mass is 10.00. The van der Waals surface area contributed by atoms with Crippen molar-refractivity contribution in [2.45, 2.75) is 38.5 Å². The number of benzene rings is 3. The second kappa shape index (κ2) is 11.2. The van der Waals surface area contributed by atoms with Gasteiger partial charge in [0.1, 0.15) is 11.6 Å². The maximum Gasteiger partial charge on any atom is 0.251 e. The van der Waals surface area contributed by atoms with Crippen LogP contribution in [0.1, 0.15) is 34.0 Å². The van der Waals surface area contributed by atoms with Crippen LogP contribution in [0.2, 0.25) is 0 Å². The van der Waals surface area contributed by atoms with E-state index < -0.39 is 29.7 Å². The number of carbonyl (C=O) groups excluding carboxylic acids is 1. The van der Waals surface area contributed by atoms with E-state index in [9.17, 15) is 18.7 Å². The highest BCUT2D eigenvalue weighted by atomic mass is 19.1. The highest BCUT2D eigenvalue weighted by Crippen LogP contribution is 2.15. The number of aliphatic hydroxyl groups is 1. The second-order valence-electron chi connectivity index (χ2n) is 8.57. The molecule has 1 heterocycles. The number of H-pyrrole nitrogens is 1. The lowest BCUT2D eigenvalue weighted by Crippen LogP contribution is -2.48. The molecule has 1 amide bonds.